The molecule has 2 rings (SSSR count). The van der Waals surface area contributed by atoms with Crippen LogP contribution < -0.4 is 5.32 Å². The maximum atomic E-state index is 5.32. The summed E-state index contributed by atoms with van der Waals surface area (Å²) < 4.78 is 7.96. The summed E-state index contributed by atoms with van der Waals surface area (Å²) in [5, 5.41) is 7.75. The monoisotopic (exact) mass is 311 g/mol. The lowest BCUT2D eigenvalue weighted by Crippen LogP contribution is -2.23. The topological polar surface area (TPSA) is 43.0 Å². The highest BCUT2D eigenvalue weighted by molar-refractivity contribution is 9.10. The predicted octanol–water partition coefficient (Wildman–Crippen LogP) is 3.06. The van der Waals surface area contributed by atoms with E-state index in [1.807, 2.05) is 24.0 Å². The van der Waals surface area contributed by atoms with Crippen LogP contribution in [0.1, 0.15) is 30.5 Å². The summed E-state index contributed by atoms with van der Waals surface area (Å²) in [6, 6.07) is 2.26. The minimum absolute atomic E-state index is 0.252. The summed E-state index contributed by atoms with van der Waals surface area (Å²) in [5.41, 5.74) is 2.38. The Bertz CT molecular complexity index is 492. The fourth-order valence-corrected chi connectivity index (χ4v) is 2.49. The van der Waals surface area contributed by atoms with Crippen LogP contribution >= 0.6 is 15.9 Å². The first kappa shape index (κ1) is 13.4. The molecule has 18 heavy (non-hydrogen) atoms. The number of nitrogens with zero attached hydrogens (tertiary/aromatic N) is 2. The molecule has 2 aromatic rings. The molecule has 0 aliphatic carbocycles. The Hall–Kier alpha value is -1.07. The second-order valence-corrected chi connectivity index (χ2v) is 5.10. The summed E-state index contributed by atoms with van der Waals surface area (Å²) >= 11 is 3.45. The van der Waals surface area contributed by atoms with Crippen LogP contribution in [0.4, 0.5) is 0 Å². The molecule has 1 atom stereocenters. The van der Waals surface area contributed by atoms with Crippen molar-refractivity contribution in [2.75, 3.05) is 6.54 Å². The van der Waals surface area contributed by atoms with Crippen molar-refractivity contribution in [1.29, 1.82) is 0 Å². The van der Waals surface area contributed by atoms with Gasteiger partial charge in [0.05, 0.1) is 12.5 Å². The van der Waals surface area contributed by atoms with E-state index in [2.05, 4.69) is 39.5 Å². The molecule has 0 fully saturated rings. The van der Waals surface area contributed by atoms with Crippen molar-refractivity contribution in [3.8, 4) is 0 Å². The summed E-state index contributed by atoms with van der Waals surface area (Å²) in [6.45, 7) is 3.15. The number of furan rings is 1. The lowest BCUT2D eigenvalue weighted by atomic mass is 10.0. The molecule has 4 nitrogen and oxygen atoms in total. The Morgan fingerprint density at radius 1 is 1.56 bits per heavy atom. The first-order valence-electron chi connectivity index (χ1n) is 6.14. The van der Waals surface area contributed by atoms with Gasteiger partial charge in [0.1, 0.15) is 0 Å². The van der Waals surface area contributed by atoms with Crippen molar-refractivity contribution in [1.82, 2.24) is 15.1 Å². The number of hydrogen-bond donors (Lipinski definition) is 1. The summed E-state index contributed by atoms with van der Waals surface area (Å²) in [7, 11) is 1.94. The standard InChI is InChI=1S/C13H18BrN3O/c1-3-5-15-12(11-4-6-18-13(11)14)7-10-8-16-17(2)9-10/h4,6,8-9,12,15H,3,5,7H2,1-2H3. The molecule has 0 spiro atoms. The van der Waals surface area contributed by atoms with E-state index < -0.39 is 0 Å². The molecule has 1 N–H and O–H groups in total. The van der Waals surface area contributed by atoms with Gasteiger partial charge in [0.2, 0.25) is 0 Å². The van der Waals surface area contributed by atoms with Crippen LogP contribution in [0.15, 0.2) is 33.8 Å². The zero-order chi connectivity index (χ0) is 13.0. The molecule has 2 aromatic heterocycles. The first-order chi connectivity index (χ1) is 8.70. The average Bonchev–Trinajstić information content (AvgIpc) is 2.93. The fourth-order valence-electron chi connectivity index (χ4n) is 1.98. The number of aromatic nitrogens is 2. The third kappa shape index (κ3) is 3.23. The van der Waals surface area contributed by atoms with E-state index in [-0.39, 0.29) is 6.04 Å². The molecular formula is C13H18BrN3O. The molecule has 2 heterocycles. The van der Waals surface area contributed by atoms with E-state index in [0.29, 0.717) is 0 Å². The van der Waals surface area contributed by atoms with E-state index in [9.17, 15) is 0 Å². The molecule has 0 bridgehead atoms. The second kappa shape index (κ2) is 6.20. The van der Waals surface area contributed by atoms with Gasteiger partial charge >= 0.3 is 0 Å². The van der Waals surface area contributed by atoms with Gasteiger partial charge in [-0.3, -0.25) is 4.68 Å². The molecule has 0 saturated heterocycles. The molecule has 5 heteroatoms. The van der Waals surface area contributed by atoms with E-state index in [4.69, 9.17) is 4.42 Å². The lowest BCUT2D eigenvalue weighted by molar-refractivity contribution is 0.498. The minimum Gasteiger partial charge on any atom is -0.457 e. The van der Waals surface area contributed by atoms with Gasteiger partial charge in [-0.2, -0.15) is 5.10 Å². The molecule has 0 aliphatic rings. The highest BCUT2D eigenvalue weighted by Gasteiger charge is 2.17. The zero-order valence-corrected chi connectivity index (χ0v) is 12.3. The molecule has 0 radical (unpaired) electrons. The first-order valence-corrected chi connectivity index (χ1v) is 6.93. The van der Waals surface area contributed by atoms with Gasteiger partial charge in [-0.1, -0.05) is 6.92 Å². The summed E-state index contributed by atoms with van der Waals surface area (Å²) in [6.07, 6.45) is 7.69. The largest absolute Gasteiger partial charge is 0.457 e. The van der Waals surface area contributed by atoms with Crippen LogP contribution in [-0.2, 0) is 13.5 Å². The highest BCUT2D eigenvalue weighted by Crippen LogP contribution is 2.27. The third-order valence-electron chi connectivity index (χ3n) is 2.86. The van der Waals surface area contributed by atoms with Crippen LogP contribution in [0.5, 0.6) is 0 Å². The van der Waals surface area contributed by atoms with Crippen molar-refractivity contribution in [3.05, 3.63) is 40.5 Å². The molecule has 0 amide bonds. The Labute approximate surface area is 115 Å². The van der Waals surface area contributed by atoms with Gasteiger partial charge in [-0.05, 0) is 46.9 Å². The molecule has 0 aromatic carbocycles. The highest BCUT2D eigenvalue weighted by atomic mass is 79.9. The van der Waals surface area contributed by atoms with E-state index >= 15 is 0 Å². The fraction of sp³-hybridized carbons (Fsp3) is 0.462. The van der Waals surface area contributed by atoms with Crippen LogP contribution in [0.2, 0.25) is 0 Å². The van der Waals surface area contributed by atoms with Gasteiger partial charge < -0.3 is 9.73 Å². The molecule has 98 valence electrons. The number of halogens is 1. The van der Waals surface area contributed by atoms with E-state index in [1.165, 1.54) is 5.56 Å². The SMILES string of the molecule is CCCNC(Cc1cnn(C)c1)c1ccoc1Br. The van der Waals surface area contributed by atoms with Gasteiger partial charge in [-0.15, -0.1) is 0 Å². The van der Waals surface area contributed by atoms with Crippen LogP contribution in [0, 0.1) is 0 Å². The van der Waals surface area contributed by atoms with Crippen molar-refractivity contribution < 1.29 is 4.42 Å². The van der Waals surface area contributed by atoms with Gasteiger partial charge in [0.25, 0.3) is 0 Å². The number of hydrogen-bond acceptors (Lipinski definition) is 3. The Kier molecular flexibility index (Phi) is 4.60. The number of rotatable bonds is 6. The van der Waals surface area contributed by atoms with Gasteiger partial charge in [-0.25, -0.2) is 0 Å². The van der Waals surface area contributed by atoms with Crippen LogP contribution in [0.25, 0.3) is 0 Å². The van der Waals surface area contributed by atoms with E-state index in [0.717, 1.165) is 29.6 Å². The van der Waals surface area contributed by atoms with Crippen molar-refractivity contribution in [2.45, 2.75) is 25.8 Å². The third-order valence-corrected chi connectivity index (χ3v) is 3.51. The number of aryl methyl sites for hydroxylation is 1. The maximum Gasteiger partial charge on any atom is 0.173 e. The molecule has 0 saturated carbocycles. The summed E-state index contributed by atoms with van der Waals surface area (Å²) in [5.74, 6) is 0. The molecule has 1 unspecified atom stereocenters. The van der Waals surface area contributed by atoms with Crippen molar-refractivity contribution in [2.24, 2.45) is 7.05 Å². The quantitative estimate of drug-likeness (QED) is 0.891. The van der Waals surface area contributed by atoms with Crippen molar-refractivity contribution >= 4 is 15.9 Å². The number of nitrogens with one attached hydrogen (secondary N) is 1. The maximum absolute atomic E-state index is 5.32. The Balaban J connectivity index is 2.12. The van der Waals surface area contributed by atoms with Gasteiger partial charge in [0.15, 0.2) is 4.67 Å². The Morgan fingerprint density at radius 3 is 2.94 bits per heavy atom. The second-order valence-electron chi connectivity index (χ2n) is 4.38. The smallest absolute Gasteiger partial charge is 0.173 e. The van der Waals surface area contributed by atoms with Gasteiger partial charge in [0, 0.05) is 24.8 Å². The zero-order valence-electron chi connectivity index (χ0n) is 10.7. The molecular weight excluding hydrogens is 294 g/mol. The Morgan fingerprint density at radius 2 is 2.39 bits per heavy atom. The average molecular weight is 312 g/mol. The minimum atomic E-state index is 0.252. The predicted molar refractivity (Wildman–Crippen MR) is 74.4 cm³/mol. The molecule has 0 aliphatic heterocycles. The van der Waals surface area contributed by atoms with E-state index in [1.54, 1.807) is 6.26 Å². The summed E-state index contributed by atoms with van der Waals surface area (Å²) in [4.78, 5) is 0. The van der Waals surface area contributed by atoms with Crippen LogP contribution in [0.3, 0.4) is 0 Å². The van der Waals surface area contributed by atoms with Crippen LogP contribution in [-0.4, -0.2) is 16.3 Å². The normalized spacial score (nSPS) is 12.8. The lowest BCUT2D eigenvalue weighted by Gasteiger charge is -2.16. The van der Waals surface area contributed by atoms with Crippen molar-refractivity contribution in [3.63, 3.8) is 0 Å².